The van der Waals surface area contributed by atoms with Crippen LogP contribution in [0.2, 0.25) is 0 Å². The van der Waals surface area contributed by atoms with Crippen molar-refractivity contribution in [2.75, 3.05) is 5.32 Å². The summed E-state index contributed by atoms with van der Waals surface area (Å²) in [5.41, 5.74) is 3.19. The average Bonchev–Trinajstić information content (AvgIpc) is 3.13. The normalized spacial score (nSPS) is 16.9. The van der Waals surface area contributed by atoms with Crippen LogP contribution in [0.3, 0.4) is 0 Å². The number of esters is 1. The lowest BCUT2D eigenvalue weighted by molar-refractivity contribution is -0.116. The van der Waals surface area contributed by atoms with Crippen LogP contribution in [0.25, 0.3) is 0 Å². The maximum atomic E-state index is 13.8. The second-order valence-electron chi connectivity index (χ2n) is 9.11. The largest absolute Gasteiger partial charge is 0.459 e. The van der Waals surface area contributed by atoms with Gasteiger partial charge in [0, 0.05) is 16.0 Å². The maximum absolute atomic E-state index is 13.8. The fourth-order valence-electron chi connectivity index (χ4n) is 4.70. The quantitative estimate of drug-likeness (QED) is 0.462. The zero-order valence-electron chi connectivity index (χ0n) is 19.0. The fraction of sp³-hybridized carbons (Fsp3) is 0.333. The van der Waals surface area contributed by atoms with E-state index in [9.17, 15) is 9.59 Å². The Balaban J connectivity index is 1.54. The van der Waals surface area contributed by atoms with Crippen LogP contribution in [0.4, 0.5) is 5.00 Å². The second-order valence-corrected chi connectivity index (χ2v) is 10.2. The molecule has 170 valence electrons. The van der Waals surface area contributed by atoms with Crippen LogP contribution in [0.1, 0.15) is 65.0 Å². The molecule has 0 bridgehead atoms. The van der Waals surface area contributed by atoms with Crippen LogP contribution in [0.5, 0.6) is 11.5 Å². The van der Waals surface area contributed by atoms with Crippen LogP contribution in [0.15, 0.2) is 48.5 Å². The molecule has 1 amide bonds. The van der Waals surface area contributed by atoms with E-state index < -0.39 is 5.92 Å². The van der Waals surface area contributed by atoms with Crippen molar-refractivity contribution >= 4 is 28.2 Å². The monoisotopic (exact) mass is 461 g/mol. The van der Waals surface area contributed by atoms with Gasteiger partial charge in [0.1, 0.15) is 16.5 Å². The van der Waals surface area contributed by atoms with Crippen molar-refractivity contribution in [2.24, 2.45) is 5.92 Å². The lowest BCUT2D eigenvalue weighted by Crippen LogP contribution is -2.26. The van der Waals surface area contributed by atoms with Crippen LogP contribution in [-0.4, -0.2) is 18.0 Å². The third-order valence-corrected chi connectivity index (χ3v) is 7.41. The molecule has 3 aromatic rings. The smallest absolute Gasteiger partial charge is 0.341 e. The molecule has 1 aliphatic carbocycles. The molecular weight excluding hydrogens is 434 g/mol. The Morgan fingerprint density at radius 2 is 1.70 bits per heavy atom. The summed E-state index contributed by atoms with van der Waals surface area (Å²) in [6.45, 7) is 5.91. The van der Waals surface area contributed by atoms with E-state index in [0.29, 0.717) is 28.0 Å². The van der Waals surface area contributed by atoms with Gasteiger partial charge in [-0.15, -0.1) is 11.3 Å². The molecule has 1 atom stereocenters. The van der Waals surface area contributed by atoms with E-state index in [-0.39, 0.29) is 18.0 Å². The third-order valence-electron chi connectivity index (χ3n) is 6.24. The van der Waals surface area contributed by atoms with Crippen molar-refractivity contribution < 1.29 is 19.1 Å². The molecule has 0 fully saturated rings. The maximum Gasteiger partial charge on any atom is 0.341 e. The van der Waals surface area contributed by atoms with Gasteiger partial charge in [0.2, 0.25) is 5.91 Å². The summed E-state index contributed by atoms with van der Waals surface area (Å²) < 4.78 is 11.6. The number of fused-ring (bicyclic) bond motifs is 3. The summed E-state index contributed by atoms with van der Waals surface area (Å²) in [7, 11) is 0. The topological polar surface area (TPSA) is 64.6 Å². The van der Waals surface area contributed by atoms with Gasteiger partial charge in [-0.2, -0.15) is 0 Å². The number of anilines is 1. The molecule has 1 unspecified atom stereocenters. The van der Waals surface area contributed by atoms with Crippen molar-refractivity contribution in [3.8, 4) is 11.5 Å². The predicted octanol–water partition coefficient (Wildman–Crippen LogP) is 6.31. The number of para-hydroxylation sites is 2. The minimum absolute atomic E-state index is 0.177. The number of thiophene rings is 1. The first-order chi connectivity index (χ1) is 15.9. The van der Waals surface area contributed by atoms with Crippen LogP contribution < -0.4 is 10.1 Å². The average molecular weight is 462 g/mol. The van der Waals surface area contributed by atoms with Gasteiger partial charge in [-0.1, -0.05) is 43.3 Å². The van der Waals surface area contributed by atoms with E-state index in [1.165, 1.54) is 16.2 Å². The number of ether oxygens (including phenoxy) is 2. The first kappa shape index (κ1) is 21.7. The van der Waals surface area contributed by atoms with E-state index in [0.717, 1.165) is 36.0 Å². The molecule has 1 N–H and O–H groups in total. The molecule has 0 saturated carbocycles. The van der Waals surface area contributed by atoms with Gasteiger partial charge in [-0.3, -0.25) is 4.79 Å². The lowest BCUT2D eigenvalue weighted by atomic mass is 9.87. The number of amides is 1. The third kappa shape index (κ3) is 4.04. The van der Waals surface area contributed by atoms with E-state index in [2.05, 4.69) is 12.2 Å². The molecule has 0 saturated heterocycles. The van der Waals surface area contributed by atoms with Gasteiger partial charge in [0.05, 0.1) is 17.6 Å². The SMILES string of the molecule is CC1CCc2c(sc(NC(=O)C3c4ccccc4Oc4ccccc43)c2C(=O)OC(C)C)C1. The minimum atomic E-state index is -0.529. The Bertz CT molecular complexity index is 1180. The Hall–Kier alpha value is -3.12. The van der Waals surface area contributed by atoms with Gasteiger partial charge in [0.25, 0.3) is 0 Å². The summed E-state index contributed by atoms with van der Waals surface area (Å²) in [4.78, 5) is 28.0. The Morgan fingerprint density at radius 3 is 2.33 bits per heavy atom. The summed E-state index contributed by atoms with van der Waals surface area (Å²) >= 11 is 1.51. The van der Waals surface area contributed by atoms with Crippen molar-refractivity contribution in [3.63, 3.8) is 0 Å². The van der Waals surface area contributed by atoms with E-state index >= 15 is 0 Å². The molecule has 0 radical (unpaired) electrons. The van der Waals surface area contributed by atoms with Crippen molar-refractivity contribution in [3.05, 3.63) is 75.7 Å². The van der Waals surface area contributed by atoms with Gasteiger partial charge >= 0.3 is 5.97 Å². The number of carbonyl (C=O) groups excluding carboxylic acids is 2. The Labute approximate surface area is 197 Å². The lowest BCUT2D eigenvalue weighted by Gasteiger charge is -2.27. The molecular formula is C27H27NO4S. The number of rotatable bonds is 4. The molecule has 0 spiro atoms. The van der Waals surface area contributed by atoms with Gasteiger partial charge in [-0.25, -0.2) is 4.79 Å². The number of benzene rings is 2. The molecule has 1 aliphatic heterocycles. The van der Waals surface area contributed by atoms with Crippen LogP contribution in [0, 0.1) is 5.92 Å². The van der Waals surface area contributed by atoms with E-state index in [1.54, 1.807) is 0 Å². The Morgan fingerprint density at radius 1 is 1.06 bits per heavy atom. The predicted molar refractivity (Wildman–Crippen MR) is 129 cm³/mol. The summed E-state index contributed by atoms with van der Waals surface area (Å²) in [6.07, 6.45) is 2.54. The highest BCUT2D eigenvalue weighted by atomic mass is 32.1. The van der Waals surface area contributed by atoms with Gasteiger partial charge in [0.15, 0.2) is 0 Å². The fourth-order valence-corrected chi connectivity index (χ4v) is 6.11. The van der Waals surface area contributed by atoms with E-state index in [4.69, 9.17) is 9.47 Å². The highest BCUT2D eigenvalue weighted by Gasteiger charge is 2.35. The van der Waals surface area contributed by atoms with Crippen LogP contribution in [-0.2, 0) is 22.4 Å². The summed E-state index contributed by atoms with van der Waals surface area (Å²) in [5, 5.41) is 3.70. The Kier molecular flexibility index (Phi) is 5.71. The van der Waals surface area contributed by atoms with Crippen LogP contribution >= 0.6 is 11.3 Å². The van der Waals surface area contributed by atoms with Gasteiger partial charge < -0.3 is 14.8 Å². The molecule has 5 rings (SSSR count). The molecule has 6 heteroatoms. The molecule has 2 heterocycles. The molecule has 1 aromatic heterocycles. The highest BCUT2D eigenvalue weighted by Crippen LogP contribution is 2.46. The second kappa shape index (κ2) is 8.67. The molecule has 5 nitrogen and oxygen atoms in total. The number of nitrogens with one attached hydrogen (secondary N) is 1. The first-order valence-electron chi connectivity index (χ1n) is 11.4. The number of carbonyl (C=O) groups is 2. The minimum Gasteiger partial charge on any atom is -0.459 e. The summed E-state index contributed by atoms with van der Waals surface area (Å²) in [6, 6.07) is 15.2. The first-order valence-corrected chi connectivity index (χ1v) is 12.3. The number of hydrogen-bond donors (Lipinski definition) is 1. The standard InChI is InChI=1S/C27H27NO4S/c1-15(2)31-27(30)24-19-13-12-16(3)14-22(19)33-26(24)28-25(29)23-17-8-4-6-10-20(17)32-21-11-7-5-9-18(21)23/h4-11,15-16,23H,12-14H2,1-3H3,(H,28,29). The highest BCUT2D eigenvalue weighted by molar-refractivity contribution is 7.17. The molecule has 33 heavy (non-hydrogen) atoms. The zero-order valence-corrected chi connectivity index (χ0v) is 19.8. The zero-order chi connectivity index (χ0) is 23.1. The van der Waals surface area contributed by atoms with Crippen molar-refractivity contribution in [1.29, 1.82) is 0 Å². The van der Waals surface area contributed by atoms with Gasteiger partial charge in [-0.05, 0) is 56.7 Å². The molecule has 2 aliphatic rings. The van der Waals surface area contributed by atoms with E-state index in [1.807, 2.05) is 62.4 Å². The van der Waals surface area contributed by atoms with Crippen molar-refractivity contribution in [1.82, 2.24) is 0 Å². The molecule has 2 aromatic carbocycles. The number of hydrogen-bond acceptors (Lipinski definition) is 5. The van der Waals surface area contributed by atoms with Crippen molar-refractivity contribution in [2.45, 2.75) is 52.1 Å². The summed E-state index contributed by atoms with van der Waals surface area (Å²) in [5.74, 6) is 0.842.